The first-order valence-electron chi connectivity index (χ1n) is 3.57. The van der Waals surface area contributed by atoms with E-state index in [9.17, 15) is 4.79 Å². The van der Waals surface area contributed by atoms with Gasteiger partial charge in [-0.15, -0.1) is 0 Å². The molecule has 0 aliphatic carbocycles. The van der Waals surface area contributed by atoms with Crippen LogP contribution in [-0.4, -0.2) is 5.78 Å². The van der Waals surface area contributed by atoms with Crippen molar-refractivity contribution in [1.29, 1.82) is 0 Å². The van der Waals surface area contributed by atoms with Crippen LogP contribution in [0.2, 0.25) is 5.02 Å². The molecule has 1 aromatic carbocycles. The molecule has 0 saturated carbocycles. The predicted octanol–water partition coefficient (Wildman–Crippen LogP) is 3.31. The molecule has 0 fully saturated rings. The van der Waals surface area contributed by atoms with Crippen LogP contribution in [0.25, 0.3) is 0 Å². The van der Waals surface area contributed by atoms with Crippen molar-refractivity contribution in [3.05, 3.63) is 33.3 Å². The molecular weight excluding hydrogens is 251 g/mol. The second-order valence-electron chi connectivity index (χ2n) is 2.33. The van der Waals surface area contributed by atoms with Crippen molar-refractivity contribution >= 4 is 33.3 Å². The number of Topliss-reactive ketones (excluding diaryl/α,β-unsaturated/α-hetero) is 1. The highest BCUT2D eigenvalue weighted by Gasteiger charge is 2.07. The zero-order chi connectivity index (χ0) is 9.84. The maximum atomic E-state index is 11.3. The predicted molar refractivity (Wildman–Crippen MR) is 56.9 cm³/mol. The lowest BCUT2D eigenvalue weighted by Crippen LogP contribution is -1.95. The first kappa shape index (κ1) is 10.3. The number of hydrogen-bond donors (Lipinski definition) is 0. The molecule has 0 bridgehead atoms. The average Bonchev–Trinajstić information content (AvgIpc) is 2.04. The lowest BCUT2D eigenvalue weighted by Gasteiger charge is -1.98. The second-order valence-corrected chi connectivity index (χ2v) is 3.65. The summed E-state index contributed by atoms with van der Waals surface area (Å²) in [5.74, 6) is 4.72. The topological polar surface area (TPSA) is 17.1 Å². The molecule has 1 rings (SSSR count). The summed E-state index contributed by atoms with van der Waals surface area (Å²) in [5.41, 5.74) is 0.444. The smallest absolute Gasteiger partial charge is 0.237 e. The Hall–Kier alpha value is -0.780. The zero-order valence-electron chi connectivity index (χ0n) is 6.90. The summed E-state index contributed by atoms with van der Waals surface area (Å²) in [5, 5.41) is 0.419. The lowest BCUT2D eigenvalue weighted by atomic mass is 10.1. The third kappa shape index (κ3) is 2.58. The molecule has 0 saturated heterocycles. The van der Waals surface area contributed by atoms with Gasteiger partial charge in [0, 0.05) is 10.0 Å². The van der Waals surface area contributed by atoms with Crippen LogP contribution >= 0.6 is 27.5 Å². The number of carbonyl (C=O) groups is 1. The molecular formula is C10H6BrClO. The monoisotopic (exact) mass is 256 g/mol. The fourth-order valence-corrected chi connectivity index (χ4v) is 1.61. The largest absolute Gasteiger partial charge is 0.279 e. The highest BCUT2D eigenvalue weighted by molar-refractivity contribution is 9.10. The Morgan fingerprint density at radius 2 is 2.23 bits per heavy atom. The normalized spacial score (nSPS) is 8.85. The van der Waals surface area contributed by atoms with Crippen LogP contribution in [0.4, 0.5) is 0 Å². The van der Waals surface area contributed by atoms with Gasteiger partial charge in [-0.05, 0) is 31.0 Å². The third-order valence-electron chi connectivity index (χ3n) is 1.41. The summed E-state index contributed by atoms with van der Waals surface area (Å²) in [7, 11) is 0. The number of halogens is 2. The molecule has 66 valence electrons. The number of carbonyl (C=O) groups excluding carboxylic acids is 1. The molecule has 13 heavy (non-hydrogen) atoms. The standard InChI is InChI=1S/C10H6BrClO/c1-2-3-10(13)8-5-4-7(11)6-9(8)12/h4-6H,1H3. The first-order chi connectivity index (χ1) is 6.15. The van der Waals surface area contributed by atoms with E-state index in [0.717, 1.165) is 4.47 Å². The minimum absolute atomic E-state index is 0.250. The van der Waals surface area contributed by atoms with Gasteiger partial charge in [-0.3, -0.25) is 4.79 Å². The van der Waals surface area contributed by atoms with E-state index in [-0.39, 0.29) is 5.78 Å². The highest BCUT2D eigenvalue weighted by Crippen LogP contribution is 2.21. The Kier molecular flexibility index (Phi) is 3.53. The van der Waals surface area contributed by atoms with Crippen molar-refractivity contribution < 1.29 is 4.79 Å². The number of rotatable bonds is 1. The van der Waals surface area contributed by atoms with Gasteiger partial charge in [0.25, 0.3) is 0 Å². The van der Waals surface area contributed by atoms with Gasteiger partial charge in [0.1, 0.15) is 0 Å². The minimum Gasteiger partial charge on any atom is -0.279 e. The summed E-state index contributed by atoms with van der Waals surface area (Å²) in [6.45, 7) is 1.62. The second kappa shape index (κ2) is 4.45. The van der Waals surface area contributed by atoms with Crippen LogP contribution in [0.5, 0.6) is 0 Å². The maximum Gasteiger partial charge on any atom is 0.237 e. The van der Waals surface area contributed by atoms with Gasteiger partial charge >= 0.3 is 0 Å². The molecule has 0 aliphatic heterocycles. The van der Waals surface area contributed by atoms with Crippen LogP contribution in [0.1, 0.15) is 17.3 Å². The summed E-state index contributed by atoms with van der Waals surface area (Å²) < 4.78 is 0.846. The molecule has 0 unspecified atom stereocenters. The molecule has 0 spiro atoms. The number of hydrogen-bond acceptors (Lipinski definition) is 1. The van der Waals surface area contributed by atoms with Gasteiger partial charge in [-0.1, -0.05) is 33.5 Å². The van der Waals surface area contributed by atoms with Crippen LogP contribution < -0.4 is 0 Å². The third-order valence-corrected chi connectivity index (χ3v) is 2.22. The van der Waals surface area contributed by atoms with Gasteiger partial charge in [0.2, 0.25) is 5.78 Å². The number of benzene rings is 1. The van der Waals surface area contributed by atoms with E-state index in [1.54, 1.807) is 25.1 Å². The van der Waals surface area contributed by atoms with E-state index >= 15 is 0 Å². The van der Waals surface area contributed by atoms with Gasteiger partial charge in [-0.2, -0.15) is 0 Å². The molecule has 0 heterocycles. The summed E-state index contributed by atoms with van der Waals surface area (Å²) in [6.07, 6.45) is 0. The van der Waals surface area contributed by atoms with Crippen molar-refractivity contribution in [3.63, 3.8) is 0 Å². The van der Waals surface area contributed by atoms with Gasteiger partial charge in [0.15, 0.2) is 0 Å². The van der Waals surface area contributed by atoms with Crippen molar-refractivity contribution in [2.24, 2.45) is 0 Å². The van der Waals surface area contributed by atoms with Crippen molar-refractivity contribution in [2.45, 2.75) is 6.92 Å². The molecule has 1 nitrogen and oxygen atoms in total. The molecule has 0 aliphatic rings. The van der Waals surface area contributed by atoms with Crippen LogP contribution in [-0.2, 0) is 0 Å². The summed E-state index contributed by atoms with van der Waals surface area (Å²) in [6, 6.07) is 5.08. The van der Waals surface area contributed by atoms with Crippen LogP contribution in [0.15, 0.2) is 22.7 Å². The lowest BCUT2D eigenvalue weighted by molar-refractivity contribution is 0.105. The van der Waals surface area contributed by atoms with Crippen molar-refractivity contribution in [2.75, 3.05) is 0 Å². The Morgan fingerprint density at radius 3 is 2.77 bits per heavy atom. The highest BCUT2D eigenvalue weighted by atomic mass is 79.9. The Bertz CT molecular complexity index is 401. The molecule has 1 aromatic rings. The Morgan fingerprint density at radius 1 is 1.54 bits per heavy atom. The molecule has 0 aromatic heterocycles. The molecule has 0 amide bonds. The van der Waals surface area contributed by atoms with Gasteiger partial charge in [0.05, 0.1) is 5.02 Å². The number of ketones is 1. The van der Waals surface area contributed by atoms with Crippen molar-refractivity contribution in [3.8, 4) is 11.8 Å². The fraction of sp³-hybridized carbons (Fsp3) is 0.100. The Labute approximate surface area is 90.2 Å². The first-order valence-corrected chi connectivity index (χ1v) is 4.74. The zero-order valence-corrected chi connectivity index (χ0v) is 9.24. The summed E-state index contributed by atoms with van der Waals surface area (Å²) in [4.78, 5) is 11.3. The average molecular weight is 258 g/mol. The fourth-order valence-electron chi connectivity index (χ4n) is 0.854. The van der Waals surface area contributed by atoms with E-state index in [4.69, 9.17) is 11.6 Å². The van der Waals surface area contributed by atoms with E-state index in [1.807, 2.05) is 0 Å². The Balaban J connectivity index is 3.14. The van der Waals surface area contributed by atoms with Crippen LogP contribution in [0, 0.1) is 11.8 Å². The quantitative estimate of drug-likeness (QED) is 0.428. The molecule has 0 radical (unpaired) electrons. The molecule has 3 heteroatoms. The maximum absolute atomic E-state index is 11.3. The van der Waals surface area contributed by atoms with Crippen molar-refractivity contribution in [1.82, 2.24) is 0 Å². The summed E-state index contributed by atoms with van der Waals surface area (Å²) >= 11 is 9.09. The van der Waals surface area contributed by atoms with Gasteiger partial charge in [-0.25, -0.2) is 0 Å². The van der Waals surface area contributed by atoms with Crippen LogP contribution in [0.3, 0.4) is 0 Å². The van der Waals surface area contributed by atoms with E-state index < -0.39 is 0 Å². The van der Waals surface area contributed by atoms with Gasteiger partial charge < -0.3 is 0 Å². The van der Waals surface area contributed by atoms with E-state index in [2.05, 4.69) is 27.8 Å². The SMILES string of the molecule is CC#CC(=O)c1ccc(Br)cc1Cl. The molecule has 0 atom stereocenters. The van der Waals surface area contributed by atoms with E-state index in [1.165, 1.54) is 0 Å². The van der Waals surface area contributed by atoms with E-state index in [0.29, 0.717) is 10.6 Å². The minimum atomic E-state index is -0.250. The molecule has 0 N–H and O–H groups in total.